The Morgan fingerprint density at radius 2 is 1.76 bits per heavy atom. The van der Waals surface area contributed by atoms with Crippen LogP contribution < -0.4 is 0 Å². The van der Waals surface area contributed by atoms with Gasteiger partial charge < -0.3 is 5.11 Å². The van der Waals surface area contributed by atoms with Gasteiger partial charge in [-0.3, -0.25) is 0 Å². The lowest BCUT2D eigenvalue weighted by atomic mass is 9.71. The van der Waals surface area contributed by atoms with Crippen LogP contribution in [0.25, 0.3) is 0 Å². The highest BCUT2D eigenvalue weighted by atomic mass is 28.3. The summed E-state index contributed by atoms with van der Waals surface area (Å²) in [7, 11) is -1.05. The van der Waals surface area contributed by atoms with Crippen LogP contribution in [0, 0.1) is 11.3 Å². The van der Waals surface area contributed by atoms with Crippen molar-refractivity contribution in [1.82, 2.24) is 0 Å². The monoisotopic (exact) mass is 256 g/mol. The lowest BCUT2D eigenvalue weighted by Gasteiger charge is -2.42. The summed E-state index contributed by atoms with van der Waals surface area (Å²) in [4.78, 5) is 0. The number of hydrogen-bond acceptors (Lipinski definition) is 1. The van der Waals surface area contributed by atoms with Gasteiger partial charge in [0.15, 0.2) is 0 Å². The molecule has 0 bridgehead atoms. The van der Waals surface area contributed by atoms with Gasteiger partial charge in [0.1, 0.15) is 0 Å². The van der Waals surface area contributed by atoms with E-state index in [4.69, 9.17) is 0 Å². The maximum Gasteiger partial charge on any atom is 0.0484 e. The van der Waals surface area contributed by atoms with Gasteiger partial charge in [-0.05, 0) is 43.1 Å². The zero-order chi connectivity index (χ0) is 12.9. The highest BCUT2D eigenvalue weighted by Gasteiger charge is 2.38. The van der Waals surface area contributed by atoms with E-state index in [0.717, 1.165) is 5.92 Å². The maximum absolute atomic E-state index is 9.79. The first-order valence-electron chi connectivity index (χ1n) is 7.52. The highest BCUT2D eigenvalue weighted by molar-refractivity contribution is 6.76. The van der Waals surface area contributed by atoms with Crippen molar-refractivity contribution in [1.29, 1.82) is 0 Å². The topological polar surface area (TPSA) is 20.2 Å². The van der Waals surface area contributed by atoms with Gasteiger partial charge in [0, 0.05) is 14.7 Å². The zero-order valence-electron chi connectivity index (χ0n) is 12.4. The summed E-state index contributed by atoms with van der Waals surface area (Å²) < 4.78 is 0. The summed E-state index contributed by atoms with van der Waals surface area (Å²) in [6, 6.07) is 1.32. The molecule has 1 nitrogen and oxygen atoms in total. The van der Waals surface area contributed by atoms with Crippen molar-refractivity contribution < 1.29 is 5.11 Å². The van der Waals surface area contributed by atoms with Crippen LogP contribution in [-0.4, -0.2) is 19.8 Å². The van der Waals surface area contributed by atoms with Crippen molar-refractivity contribution >= 4 is 8.07 Å². The van der Waals surface area contributed by atoms with Gasteiger partial charge in [0.25, 0.3) is 0 Å². The molecule has 1 fully saturated rings. The molecule has 1 aliphatic carbocycles. The smallest absolute Gasteiger partial charge is 0.0484 e. The van der Waals surface area contributed by atoms with Crippen LogP contribution in [0.2, 0.25) is 25.7 Å². The van der Waals surface area contributed by atoms with E-state index in [-0.39, 0.29) is 0 Å². The van der Waals surface area contributed by atoms with Gasteiger partial charge in [-0.2, -0.15) is 0 Å². The van der Waals surface area contributed by atoms with Crippen molar-refractivity contribution in [2.24, 2.45) is 11.3 Å². The van der Waals surface area contributed by atoms with E-state index in [2.05, 4.69) is 26.6 Å². The van der Waals surface area contributed by atoms with Crippen molar-refractivity contribution in [2.75, 3.05) is 6.61 Å². The minimum Gasteiger partial charge on any atom is -0.396 e. The van der Waals surface area contributed by atoms with E-state index >= 15 is 0 Å². The first kappa shape index (κ1) is 15.2. The fourth-order valence-corrected chi connectivity index (χ4v) is 6.30. The van der Waals surface area contributed by atoms with Crippen LogP contribution in [0.3, 0.4) is 0 Å². The van der Waals surface area contributed by atoms with Crippen LogP contribution in [0.15, 0.2) is 0 Å². The fraction of sp³-hybridized carbons (Fsp3) is 1.00. The standard InChI is InChI=1S/C15H32OSi/c1-5-6-7-14-8-10-15(12-16,11-9-14)13-17(2,3)4/h14,16H,5-13H2,1-4H3. The summed E-state index contributed by atoms with van der Waals surface area (Å²) in [6.45, 7) is 10.0. The molecule has 1 saturated carbocycles. The number of hydrogen-bond donors (Lipinski definition) is 1. The molecule has 0 unspecified atom stereocenters. The molecule has 0 heterocycles. The molecule has 1 rings (SSSR count). The van der Waals surface area contributed by atoms with E-state index in [9.17, 15) is 5.11 Å². The maximum atomic E-state index is 9.79. The average Bonchev–Trinajstić information content (AvgIpc) is 2.26. The molecular formula is C15H32OSi. The van der Waals surface area contributed by atoms with Crippen LogP contribution >= 0.6 is 0 Å². The SMILES string of the molecule is CCCCC1CCC(CO)(C[Si](C)(C)C)CC1. The summed E-state index contributed by atoms with van der Waals surface area (Å²) in [5.41, 5.74) is 0.299. The van der Waals surface area contributed by atoms with Crippen LogP contribution in [0.4, 0.5) is 0 Å². The molecule has 0 amide bonds. The summed E-state index contributed by atoms with van der Waals surface area (Å²) in [6.07, 6.45) is 9.44. The third-order valence-corrected chi connectivity index (χ3v) is 6.18. The normalized spacial score (nSPS) is 30.5. The number of unbranched alkanes of at least 4 members (excludes halogenated alkanes) is 1. The lowest BCUT2D eigenvalue weighted by Crippen LogP contribution is -2.38. The second-order valence-corrected chi connectivity index (χ2v) is 13.0. The van der Waals surface area contributed by atoms with Crippen molar-refractivity contribution in [3.63, 3.8) is 0 Å². The Kier molecular flexibility index (Phi) is 5.71. The molecular weight excluding hydrogens is 224 g/mol. The van der Waals surface area contributed by atoms with Gasteiger partial charge in [-0.1, -0.05) is 45.8 Å². The first-order chi connectivity index (χ1) is 7.91. The fourth-order valence-electron chi connectivity index (χ4n) is 3.59. The lowest BCUT2D eigenvalue weighted by molar-refractivity contribution is 0.0775. The van der Waals surface area contributed by atoms with Crippen LogP contribution in [0.5, 0.6) is 0 Å². The Bertz CT molecular complexity index is 211. The van der Waals surface area contributed by atoms with Crippen molar-refractivity contribution in [3.8, 4) is 0 Å². The Labute approximate surface area is 109 Å². The Morgan fingerprint density at radius 3 is 2.18 bits per heavy atom. The minimum atomic E-state index is -1.05. The molecule has 0 saturated heterocycles. The Hall–Kier alpha value is 0.177. The largest absolute Gasteiger partial charge is 0.396 e. The Balaban J connectivity index is 2.45. The summed E-state index contributed by atoms with van der Waals surface area (Å²) >= 11 is 0. The minimum absolute atomic E-state index is 0.299. The summed E-state index contributed by atoms with van der Waals surface area (Å²) in [5, 5.41) is 9.79. The molecule has 0 aromatic heterocycles. The third-order valence-electron chi connectivity index (χ3n) is 4.37. The quantitative estimate of drug-likeness (QED) is 0.684. The van der Waals surface area contributed by atoms with E-state index < -0.39 is 8.07 Å². The zero-order valence-corrected chi connectivity index (χ0v) is 13.4. The molecule has 0 atom stereocenters. The molecule has 17 heavy (non-hydrogen) atoms. The molecule has 0 aromatic carbocycles. The summed E-state index contributed by atoms with van der Waals surface area (Å²) in [5.74, 6) is 0.955. The van der Waals surface area contributed by atoms with E-state index in [0.29, 0.717) is 12.0 Å². The molecule has 2 heteroatoms. The third kappa shape index (κ3) is 5.13. The van der Waals surface area contributed by atoms with Crippen LogP contribution in [0.1, 0.15) is 51.9 Å². The van der Waals surface area contributed by atoms with Gasteiger partial charge >= 0.3 is 0 Å². The van der Waals surface area contributed by atoms with Gasteiger partial charge in [0.2, 0.25) is 0 Å². The van der Waals surface area contributed by atoms with E-state index in [1.165, 1.54) is 51.0 Å². The molecule has 102 valence electrons. The number of aliphatic hydroxyl groups is 1. The number of aliphatic hydroxyl groups excluding tert-OH is 1. The second kappa shape index (κ2) is 6.37. The molecule has 1 N–H and O–H groups in total. The van der Waals surface area contributed by atoms with Crippen molar-refractivity contribution in [2.45, 2.75) is 77.6 Å². The van der Waals surface area contributed by atoms with E-state index in [1.807, 2.05) is 0 Å². The van der Waals surface area contributed by atoms with Crippen LogP contribution in [-0.2, 0) is 0 Å². The highest BCUT2D eigenvalue weighted by Crippen LogP contribution is 2.45. The second-order valence-electron chi connectivity index (χ2n) is 7.48. The van der Waals surface area contributed by atoms with Crippen molar-refractivity contribution in [3.05, 3.63) is 0 Å². The van der Waals surface area contributed by atoms with Gasteiger partial charge in [-0.15, -0.1) is 0 Å². The predicted octanol–water partition coefficient (Wildman–Crippen LogP) is 4.68. The van der Waals surface area contributed by atoms with Gasteiger partial charge in [0.05, 0.1) is 0 Å². The average molecular weight is 257 g/mol. The molecule has 1 aliphatic rings. The predicted molar refractivity (Wildman–Crippen MR) is 79.2 cm³/mol. The molecule has 0 aliphatic heterocycles. The molecule has 0 spiro atoms. The van der Waals surface area contributed by atoms with E-state index in [1.54, 1.807) is 0 Å². The first-order valence-corrected chi connectivity index (χ1v) is 11.2. The molecule has 0 radical (unpaired) electrons. The van der Waals surface area contributed by atoms with Gasteiger partial charge in [-0.25, -0.2) is 0 Å². The number of rotatable bonds is 6. The Morgan fingerprint density at radius 1 is 1.18 bits per heavy atom. The molecule has 0 aromatic rings.